The molecule has 0 spiro atoms. The highest BCUT2D eigenvalue weighted by Crippen LogP contribution is 2.26. The molecule has 2 unspecified atom stereocenters. The van der Waals surface area contributed by atoms with Crippen molar-refractivity contribution >= 4 is 17.9 Å². The van der Waals surface area contributed by atoms with Gasteiger partial charge in [0.15, 0.2) is 5.82 Å². The molecule has 1 aliphatic carbocycles. The Morgan fingerprint density at radius 2 is 2.05 bits per heavy atom. The van der Waals surface area contributed by atoms with Crippen LogP contribution in [0.4, 0.5) is 4.39 Å². The molecule has 1 aromatic rings. The molecule has 2 amide bonds. The lowest BCUT2D eigenvalue weighted by Crippen LogP contribution is -2.51. The zero-order valence-electron chi connectivity index (χ0n) is 23.2. The van der Waals surface area contributed by atoms with Gasteiger partial charge in [0.2, 0.25) is 5.91 Å². The van der Waals surface area contributed by atoms with Gasteiger partial charge < -0.3 is 29.2 Å². The molecular weight excluding hydrogens is 489 g/mol. The Kier molecular flexibility index (Phi) is 10.3. The predicted octanol–water partition coefficient (Wildman–Crippen LogP) is 2.40. The summed E-state index contributed by atoms with van der Waals surface area (Å²) in [7, 11) is 1.68. The number of hydrogen-bond donors (Lipinski definition) is 1. The van der Waals surface area contributed by atoms with Crippen LogP contribution in [0.2, 0.25) is 0 Å². The molecule has 0 bridgehead atoms. The van der Waals surface area contributed by atoms with Gasteiger partial charge in [-0.3, -0.25) is 9.59 Å². The molecule has 0 saturated carbocycles. The highest BCUT2D eigenvalue weighted by Gasteiger charge is 2.34. The number of carbonyl (C=O) groups excluding carboxylic acids is 2. The van der Waals surface area contributed by atoms with E-state index in [1.807, 2.05) is 14.4 Å². The number of nitrogens with one attached hydrogen (secondary N) is 1. The fraction of sp³-hybridized carbons (Fsp3) is 0.750. The fourth-order valence-electron chi connectivity index (χ4n) is 5.76. The van der Waals surface area contributed by atoms with E-state index in [4.69, 9.17) is 14.5 Å². The molecule has 9 nitrogen and oxygen atoms in total. The number of alkyl halides is 1. The second-order valence-corrected chi connectivity index (χ2v) is 11.2. The predicted molar refractivity (Wildman–Crippen MR) is 144 cm³/mol. The van der Waals surface area contributed by atoms with Crippen LogP contribution in [0.15, 0.2) is 6.08 Å². The number of fused-ring (bicyclic) bond motifs is 1. The number of allylic oxidation sites excluding steroid dienone is 1. The zero-order chi connectivity index (χ0) is 27.1. The number of morpholine rings is 1. The number of piperidine rings is 1. The molecule has 4 rings (SSSR count). The lowest BCUT2D eigenvalue weighted by atomic mass is 9.88. The Hall–Kier alpha value is -2.30. The molecule has 2 saturated heterocycles. The van der Waals surface area contributed by atoms with Gasteiger partial charge in [0.1, 0.15) is 6.17 Å². The quantitative estimate of drug-likeness (QED) is 0.440. The maximum Gasteiger partial charge on any atom is 0.289 e. The van der Waals surface area contributed by atoms with Crippen LogP contribution in [0, 0.1) is 17.8 Å². The van der Waals surface area contributed by atoms with Crippen molar-refractivity contribution in [3.05, 3.63) is 23.3 Å². The first kappa shape index (κ1) is 28.7. The molecule has 38 heavy (non-hydrogen) atoms. The number of amides is 2. The van der Waals surface area contributed by atoms with E-state index in [0.29, 0.717) is 70.6 Å². The maximum absolute atomic E-state index is 14.3. The number of aromatic nitrogens is 2. The van der Waals surface area contributed by atoms with Crippen molar-refractivity contribution in [1.29, 1.82) is 0 Å². The monoisotopic (exact) mass is 533 g/mol. The topological polar surface area (TPSA) is 88.9 Å². The maximum atomic E-state index is 14.3. The molecule has 1 N–H and O–H groups in total. The Morgan fingerprint density at radius 3 is 2.79 bits per heavy atom. The number of methoxy groups -OCH3 is 1. The average molecular weight is 534 g/mol. The smallest absolute Gasteiger partial charge is 0.289 e. The van der Waals surface area contributed by atoms with Crippen molar-refractivity contribution in [1.82, 2.24) is 24.7 Å². The van der Waals surface area contributed by atoms with Crippen molar-refractivity contribution < 1.29 is 23.5 Å². The summed E-state index contributed by atoms with van der Waals surface area (Å²) >= 11 is 0. The van der Waals surface area contributed by atoms with E-state index in [1.54, 1.807) is 13.2 Å². The first-order valence-electron chi connectivity index (χ1n) is 14.1. The zero-order valence-corrected chi connectivity index (χ0v) is 23.2. The largest absolute Gasteiger partial charge is 0.385 e. The molecule has 3 heterocycles. The van der Waals surface area contributed by atoms with Crippen LogP contribution in [0.25, 0.3) is 6.08 Å². The van der Waals surface area contributed by atoms with E-state index in [9.17, 15) is 14.0 Å². The van der Waals surface area contributed by atoms with Crippen LogP contribution in [0.3, 0.4) is 0 Å². The van der Waals surface area contributed by atoms with Crippen LogP contribution < -0.4 is 5.32 Å². The Morgan fingerprint density at radius 1 is 1.26 bits per heavy atom. The van der Waals surface area contributed by atoms with Crippen molar-refractivity contribution in [2.75, 3.05) is 66.2 Å². The second-order valence-electron chi connectivity index (χ2n) is 11.2. The number of nitrogens with zero attached hydrogens (tertiary/aromatic N) is 4. The summed E-state index contributed by atoms with van der Waals surface area (Å²) in [6.45, 7) is 10.5. The van der Waals surface area contributed by atoms with Gasteiger partial charge in [0, 0.05) is 65.1 Å². The molecule has 10 heteroatoms. The fourth-order valence-corrected chi connectivity index (χ4v) is 5.76. The number of rotatable bonds is 11. The lowest BCUT2D eigenvalue weighted by Gasteiger charge is -2.37. The molecule has 1 aromatic heterocycles. The lowest BCUT2D eigenvalue weighted by molar-refractivity contribution is -0.140. The summed E-state index contributed by atoms with van der Waals surface area (Å²) in [6, 6.07) is 0. The summed E-state index contributed by atoms with van der Waals surface area (Å²) < 4.78 is 26.8. The molecule has 212 valence electrons. The molecule has 2 aliphatic heterocycles. The molecule has 3 atom stereocenters. The van der Waals surface area contributed by atoms with Gasteiger partial charge in [-0.25, -0.2) is 9.37 Å². The molecule has 3 aliphatic rings. The van der Waals surface area contributed by atoms with Crippen LogP contribution >= 0.6 is 0 Å². The van der Waals surface area contributed by atoms with Gasteiger partial charge in [0.05, 0.1) is 24.8 Å². The van der Waals surface area contributed by atoms with Crippen molar-refractivity contribution in [3.63, 3.8) is 0 Å². The van der Waals surface area contributed by atoms with Crippen molar-refractivity contribution in [3.8, 4) is 0 Å². The highest BCUT2D eigenvalue weighted by molar-refractivity contribution is 5.91. The van der Waals surface area contributed by atoms with Crippen molar-refractivity contribution in [2.45, 2.75) is 52.2 Å². The van der Waals surface area contributed by atoms with Crippen LogP contribution in [-0.2, 0) is 27.2 Å². The first-order chi connectivity index (χ1) is 18.4. The number of unbranched alkanes of at least 4 members (excludes halogenated alkanes) is 1. The number of imidazole rings is 1. The summed E-state index contributed by atoms with van der Waals surface area (Å²) in [6.07, 6.45) is 4.81. The number of ether oxygens (including phenoxy) is 2. The van der Waals surface area contributed by atoms with Gasteiger partial charge in [-0.05, 0) is 49.8 Å². The number of halogens is 1. The van der Waals surface area contributed by atoms with Gasteiger partial charge in [-0.1, -0.05) is 13.8 Å². The normalized spacial score (nSPS) is 23.5. The van der Waals surface area contributed by atoms with Crippen LogP contribution in [0.1, 0.15) is 55.1 Å². The Labute approximate surface area is 225 Å². The molecular formula is C28H44FN5O4. The first-order valence-corrected chi connectivity index (χ1v) is 14.1. The van der Waals surface area contributed by atoms with Crippen LogP contribution in [-0.4, -0.2) is 104 Å². The van der Waals surface area contributed by atoms with E-state index in [0.717, 1.165) is 31.5 Å². The minimum Gasteiger partial charge on any atom is -0.385 e. The van der Waals surface area contributed by atoms with Crippen LogP contribution in [0.5, 0.6) is 0 Å². The van der Waals surface area contributed by atoms with E-state index >= 15 is 0 Å². The minimum atomic E-state index is -1.07. The summed E-state index contributed by atoms with van der Waals surface area (Å²) in [5.74, 6) is 0.790. The third-order valence-corrected chi connectivity index (χ3v) is 7.59. The second kappa shape index (κ2) is 13.7. The SMILES string of the molecule is COCCCCn1c(C(=O)N(CC(C)C)CC2CNC[C@H](C(=O)N3CCOCC3)C2)nc2c1CC(F)C=C2. The Bertz CT molecular complexity index is 975. The third kappa shape index (κ3) is 7.21. The minimum absolute atomic E-state index is 0.0930. The molecule has 2 fully saturated rings. The van der Waals surface area contributed by atoms with E-state index in [2.05, 4.69) is 19.2 Å². The number of carbonyl (C=O) groups is 2. The summed E-state index contributed by atoms with van der Waals surface area (Å²) in [5, 5.41) is 3.44. The van der Waals surface area contributed by atoms with Gasteiger partial charge >= 0.3 is 0 Å². The number of hydrogen-bond acceptors (Lipinski definition) is 6. The van der Waals surface area contributed by atoms with E-state index in [1.165, 1.54) is 6.08 Å². The molecule has 0 radical (unpaired) electrons. The summed E-state index contributed by atoms with van der Waals surface area (Å²) in [4.78, 5) is 35.7. The van der Waals surface area contributed by atoms with Gasteiger partial charge in [-0.2, -0.15) is 0 Å². The Balaban J connectivity index is 1.50. The standard InChI is InChI=1S/C28H44FN5O4/c1-20(2)18-33(19-21-14-22(17-30-16-21)27(35)32-9-12-38-13-10-32)28(36)26-31-24-7-6-23(29)15-25(24)34(26)8-4-5-11-37-3/h6-7,20-23,30H,4-5,8-19H2,1-3H3/t21?,22-,23?/m1/s1. The molecule has 0 aromatic carbocycles. The highest BCUT2D eigenvalue weighted by atomic mass is 19.1. The van der Waals surface area contributed by atoms with E-state index in [-0.39, 0.29) is 36.0 Å². The van der Waals surface area contributed by atoms with Gasteiger partial charge in [-0.15, -0.1) is 0 Å². The van der Waals surface area contributed by atoms with Gasteiger partial charge in [0.25, 0.3) is 5.91 Å². The van der Waals surface area contributed by atoms with Crippen molar-refractivity contribution in [2.24, 2.45) is 17.8 Å². The average Bonchev–Trinajstić information content (AvgIpc) is 3.27. The summed E-state index contributed by atoms with van der Waals surface area (Å²) in [5.41, 5.74) is 1.48. The van der Waals surface area contributed by atoms with E-state index < -0.39 is 6.17 Å². The third-order valence-electron chi connectivity index (χ3n) is 7.59.